The van der Waals surface area contributed by atoms with Crippen LogP contribution in [0.2, 0.25) is 0 Å². The molecule has 0 saturated carbocycles. The third-order valence-electron chi connectivity index (χ3n) is 9.09. The molecule has 10 rings (SSSR count). The van der Waals surface area contributed by atoms with Gasteiger partial charge in [-0.3, -0.25) is 15.0 Å². The van der Waals surface area contributed by atoms with Crippen LogP contribution in [0.4, 0.5) is 0 Å². The number of nitrogens with zero attached hydrogens (tertiary/aromatic N) is 6. The van der Waals surface area contributed by atoms with Crippen LogP contribution < -0.4 is 0 Å². The zero-order chi connectivity index (χ0) is 29.5. The summed E-state index contributed by atoms with van der Waals surface area (Å²) in [6.45, 7) is 0. The average molecular weight is 577 g/mol. The summed E-state index contributed by atoms with van der Waals surface area (Å²) in [6.07, 6.45) is 11.5. The second-order valence-corrected chi connectivity index (χ2v) is 11.4. The maximum atomic E-state index is 4.55. The minimum atomic E-state index is 1.05. The van der Waals surface area contributed by atoms with Crippen molar-refractivity contribution in [3.8, 4) is 17.1 Å². The third-order valence-corrected chi connectivity index (χ3v) is 9.09. The number of aromatic nitrogens is 6. The van der Waals surface area contributed by atoms with Gasteiger partial charge in [0.25, 0.3) is 0 Å². The van der Waals surface area contributed by atoms with E-state index in [0.717, 1.165) is 50.2 Å². The number of rotatable bonds is 3. The largest absolute Gasteiger partial charge is 0.308 e. The molecular weight excluding hydrogens is 552 g/mol. The van der Waals surface area contributed by atoms with E-state index in [4.69, 9.17) is 0 Å². The zero-order valence-electron chi connectivity index (χ0n) is 24.0. The Morgan fingerprint density at radius 2 is 0.600 bits per heavy atom. The second kappa shape index (κ2) is 9.11. The minimum Gasteiger partial charge on any atom is -0.308 e. The molecule has 4 aromatic carbocycles. The molecular formula is C39H24N6. The standard InChI is InChI=1S/C39H24N6/c1-4-10-34-28(7-1)31-13-16-40-22-37(31)43(34)25-19-26(44-35-11-5-2-8-29(35)32-14-17-41-23-38(32)44)21-27(20-25)45-36-12-6-3-9-30(36)33-15-18-42-24-39(33)45/h1-24H. The number of hydrogen-bond acceptors (Lipinski definition) is 3. The molecule has 6 heterocycles. The van der Waals surface area contributed by atoms with Crippen LogP contribution >= 0.6 is 0 Å². The van der Waals surface area contributed by atoms with E-state index in [0.29, 0.717) is 0 Å². The van der Waals surface area contributed by atoms with Gasteiger partial charge in [0.2, 0.25) is 0 Å². The van der Waals surface area contributed by atoms with Crippen LogP contribution in [0.15, 0.2) is 146 Å². The molecule has 0 aliphatic heterocycles. The Morgan fingerprint density at radius 1 is 0.311 bits per heavy atom. The monoisotopic (exact) mass is 576 g/mol. The lowest BCUT2D eigenvalue weighted by Gasteiger charge is -2.17. The summed E-state index contributed by atoms with van der Waals surface area (Å²) in [4.78, 5) is 13.7. The summed E-state index contributed by atoms with van der Waals surface area (Å²) in [5.41, 5.74) is 9.74. The van der Waals surface area contributed by atoms with Crippen LogP contribution in [-0.4, -0.2) is 28.7 Å². The Balaban J connectivity index is 1.38. The van der Waals surface area contributed by atoms with Crippen molar-refractivity contribution < 1.29 is 0 Å². The Kier molecular flexibility index (Phi) is 4.90. The van der Waals surface area contributed by atoms with Crippen molar-refractivity contribution in [1.29, 1.82) is 0 Å². The van der Waals surface area contributed by atoms with Gasteiger partial charge in [0.15, 0.2) is 0 Å². The summed E-state index contributed by atoms with van der Waals surface area (Å²) in [5.74, 6) is 0. The van der Waals surface area contributed by atoms with Crippen LogP contribution in [0, 0.1) is 0 Å². The predicted molar refractivity (Wildman–Crippen MR) is 183 cm³/mol. The first kappa shape index (κ1) is 24.2. The molecule has 0 radical (unpaired) electrons. The van der Waals surface area contributed by atoms with Crippen molar-refractivity contribution >= 4 is 65.4 Å². The molecule has 0 unspecified atom stereocenters. The second-order valence-electron chi connectivity index (χ2n) is 11.4. The van der Waals surface area contributed by atoms with Gasteiger partial charge in [0.1, 0.15) is 0 Å². The fourth-order valence-corrected chi connectivity index (χ4v) is 7.26. The van der Waals surface area contributed by atoms with Crippen LogP contribution in [-0.2, 0) is 0 Å². The SMILES string of the molecule is c1ccc2c(c1)c1ccncc1n2-c1cc(-n2c3ccccc3c3ccncc32)cc(-n2c3ccccc3c3ccncc32)c1. The van der Waals surface area contributed by atoms with E-state index >= 15 is 0 Å². The third kappa shape index (κ3) is 3.36. The molecule has 0 bridgehead atoms. The molecule has 0 spiro atoms. The number of benzene rings is 4. The summed E-state index contributed by atoms with van der Waals surface area (Å²) in [6, 6.07) is 38.9. The normalized spacial score (nSPS) is 12.0. The summed E-state index contributed by atoms with van der Waals surface area (Å²) >= 11 is 0. The maximum Gasteiger partial charge on any atom is 0.0724 e. The van der Waals surface area contributed by atoms with Crippen LogP contribution in [0.25, 0.3) is 82.5 Å². The Hall–Kier alpha value is -6.27. The smallest absolute Gasteiger partial charge is 0.0724 e. The van der Waals surface area contributed by atoms with Gasteiger partial charge in [-0.15, -0.1) is 0 Å². The quantitative estimate of drug-likeness (QED) is 0.211. The summed E-state index contributed by atoms with van der Waals surface area (Å²) < 4.78 is 7.01. The first-order valence-corrected chi connectivity index (χ1v) is 15.0. The van der Waals surface area contributed by atoms with Gasteiger partial charge in [-0.25, -0.2) is 0 Å². The van der Waals surface area contributed by atoms with Gasteiger partial charge in [0, 0.05) is 50.9 Å². The maximum absolute atomic E-state index is 4.55. The summed E-state index contributed by atoms with van der Waals surface area (Å²) in [7, 11) is 0. The molecule has 6 heteroatoms. The van der Waals surface area contributed by atoms with E-state index < -0.39 is 0 Å². The van der Waals surface area contributed by atoms with Gasteiger partial charge < -0.3 is 13.7 Å². The van der Waals surface area contributed by atoms with E-state index in [9.17, 15) is 0 Å². The number of fused-ring (bicyclic) bond motifs is 9. The Morgan fingerprint density at radius 3 is 0.933 bits per heavy atom. The number of hydrogen-bond donors (Lipinski definition) is 0. The Labute approximate surface area is 257 Å². The lowest BCUT2D eigenvalue weighted by molar-refractivity contribution is 1.09. The van der Waals surface area contributed by atoms with Crippen molar-refractivity contribution in [3.63, 3.8) is 0 Å². The highest BCUT2D eigenvalue weighted by molar-refractivity contribution is 6.11. The molecule has 0 atom stereocenters. The van der Waals surface area contributed by atoms with Crippen molar-refractivity contribution in [2.45, 2.75) is 0 Å². The molecule has 10 aromatic rings. The molecule has 6 nitrogen and oxygen atoms in total. The molecule has 0 aliphatic rings. The van der Waals surface area contributed by atoms with Crippen molar-refractivity contribution in [2.75, 3.05) is 0 Å². The lowest BCUT2D eigenvalue weighted by atomic mass is 10.2. The average Bonchev–Trinajstić information content (AvgIpc) is 3.74. The molecule has 6 aromatic heterocycles. The topological polar surface area (TPSA) is 53.5 Å². The summed E-state index contributed by atoms with van der Waals surface area (Å²) in [5, 5.41) is 7.12. The van der Waals surface area contributed by atoms with Gasteiger partial charge in [-0.1, -0.05) is 54.6 Å². The zero-order valence-corrected chi connectivity index (χ0v) is 24.0. The fraction of sp³-hybridized carbons (Fsp3) is 0. The Bertz CT molecular complexity index is 2300. The van der Waals surface area contributed by atoms with Gasteiger partial charge in [-0.05, 0) is 54.6 Å². The molecule has 210 valence electrons. The fourth-order valence-electron chi connectivity index (χ4n) is 7.26. The molecule has 0 saturated heterocycles. The molecule has 0 fully saturated rings. The lowest BCUT2D eigenvalue weighted by Crippen LogP contribution is -2.03. The van der Waals surface area contributed by atoms with Crippen LogP contribution in [0.1, 0.15) is 0 Å². The van der Waals surface area contributed by atoms with Crippen molar-refractivity contribution in [2.24, 2.45) is 0 Å². The van der Waals surface area contributed by atoms with Crippen LogP contribution in [0.3, 0.4) is 0 Å². The van der Waals surface area contributed by atoms with Gasteiger partial charge in [0.05, 0.1) is 68.8 Å². The number of para-hydroxylation sites is 3. The van der Waals surface area contributed by atoms with E-state index in [1.807, 2.05) is 37.2 Å². The molecule has 45 heavy (non-hydrogen) atoms. The molecule has 0 aliphatic carbocycles. The van der Waals surface area contributed by atoms with Crippen molar-refractivity contribution in [1.82, 2.24) is 28.7 Å². The first-order chi connectivity index (χ1) is 22.3. The van der Waals surface area contributed by atoms with E-state index in [1.54, 1.807) is 0 Å². The van der Waals surface area contributed by atoms with E-state index in [1.165, 1.54) is 32.3 Å². The minimum absolute atomic E-state index is 1.05. The predicted octanol–water partition coefficient (Wildman–Crippen LogP) is 9.16. The number of pyridine rings is 3. The van der Waals surface area contributed by atoms with Crippen LogP contribution in [0.5, 0.6) is 0 Å². The van der Waals surface area contributed by atoms with E-state index in [2.05, 4.69) is 138 Å². The first-order valence-electron chi connectivity index (χ1n) is 15.0. The highest BCUT2D eigenvalue weighted by Gasteiger charge is 2.19. The highest BCUT2D eigenvalue weighted by atomic mass is 15.0. The van der Waals surface area contributed by atoms with Gasteiger partial charge >= 0.3 is 0 Å². The van der Waals surface area contributed by atoms with Crippen molar-refractivity contribution in [3.05, 3.63) is 146 Å². The molecule has 0 amide bonds. The van der Waals surface area contributed by atoms with E-state index in [-0.39, 0.29) is 0 Å². The molecule has 0 N–H and O–H groups in total. The highest BCUT2D eigenvalue weighted by Crippen LogP contribution is 2.38. The van der Waals surface area contributed by atoms with Gasteiger partial charge in [-0.2, -0.15) is 0 Å².